The highest BCUT2D eigenvalue weighted by molar-refractivity contribution is 5.79. The summed E-state index contributed by atoms with van der Waals surface area (Å²) >= 11 is 0. The van der Waals surface area contributed by atoms with Crippen LogP contribution < -0.4 is 15.8 Å². The molecule has 4 rings (SSSR count). The molecule has 1 fully saturated rings. The van der Waals surface area contributed by atoms with Gasteiger partial charge >= 0.3 is 0 Å². The highest BCUT2D eigenvalue weighted by Crippen LogP contribution is 2.22. The van der Waals surface area contributed by atoms with E-state index in [2.05, 4.69) is 44.5 Å². The van der Waals surface area contributed by atoms with E-state index in [9.17, 15) is 9.59 Å². The zero-order chi connectivity index (χ0) is 20.9. The standard InChI is InChI=1S/C23H31N5O2/c1-26-22(29)14-21(15-25-26)28-12-4-8-20(17-28)23(30)24-10-5-11-27-13-9-18-6-2-3-7-19(18)16-27/h2-3,6-7,14-15,20H,4-5,8-13,16-17H2,1H3,(H,24,30)/t20-/m1/s1. The molecule has 160 valence electrons. The summed E-state index contributed by atoms with van der Waals surface area (Å²) in [5.74, 6) is 0.0881. The maximum absolute atomic E-state index is 12.7. The van der Waals surface area contributed by atoms with Crippen LogP contribution in [-0.2, 0) is 24.8 Å². The van der Waals surface area contributed by atoms with E-state index in [0.717, 1.165) is 57.5 Å². The van der Waals surface area contributed by atoms with Crippen LogP contribution >= 0.6 is 0 Å². The lowest BCUT2D eigenvalue weighted by molar-refractivity contribution is -0.125. The Hall–Kier alpha value is -2.67. The molecule has 1 aromatic heterocycles. The number of aryl methyl sites for hydroxylation is 1. The Balaban J connectivity index is 1.21. The molecule has 2 aromatic rings. The molecule has 0 saturated carbocycles. The number of carbonyl (C=O) groups excluding carboxylic acids is 1. The molecule has 0 radical (unpaired) electrons. The van der Waals surface area contributed by atoms with Gasteiger partial charge in [0.25, 0.3) is 5.56 Å². The first-order valence-corrected chi connectivity index (χ1v) is 11.0. The van der Waals surface area contributed by atoms with Gasteiger partial charge in [-0.25, -0.2) is 4.68 Å². The summed E-state index contributed by atoms with van der Waals surface area (Å²) in [5, 5.41) is 7.23. The molecule has 3 heterocycles. The summed E-state index contributed by atoms with van der Waals surface area (Å²) < 4.78 is 1.32. The fraction of sp³-hybridized carbons (Fsp3) is 0.522. The van der Waals surface area contributed by atoms with Crippen molar-refractivity contribution in [2.75, 3.05) is 37.6 Å². The smallest absolute Gasteiger partial charge is 0.268 e. The Morgan fingerprint density at radius 2 is 2.07 bits per heavy atom. The van der Waals surface area contributed by atoms with E-state index in [0.29, 0.717) is 13.1 Å². The summed E-state index contributed by atoms with van der Waals surface area (Å²) in [6.45, 7) is 5.31. The quantitative estimate of drug-likeness (QED) is 0.734. The van der Waals surface area contributed by atoms with Gasteiger partial charge in [-0.15, -0.1) is 0 Å². The third-order valence-corrected chi connectivity index (χ3v) is 6.27. The van der Waals surface area contributed by atoms with Crippen LogP contribution in [0.4, 0.5) is 5.69 Å². The van der Waals surface area contributed by atoms with Gasteiger partial charge in [0.05, 0.1) is 17.8 Å². The van der Waals surface area contributed by atoms with Crippen molar-refractivity contribution in [1.82, 2.24) is 20.0 Å². The molecule has 1 aromatic carbocycles. The average Bonchev–Trinajstić information content (AvgIpc) is 2.78. The van der Waals surface area contributed by atoms with Crippen LogP contribution in [0.1, 0.15) is 30.4 Å². The molecule has 1 saturated heterocycles. The van der Waals surface area contributed by atoms with Gasteiger partial charge < -0.3 is 10.2 Å². The third kappa shape index (κ3) is 4.90. The van der Waals surface area contributed by atoms with Crippen molar-refractivity contribution < 1.29 is 4.79 Å². The van der Waals surface area contributed by atoms with Crippen molar-refractivity contribution in [3.05, 3.63) is 58.0 Å². The minimum absolute atomic E-state index is 0.0373. The van der Waals surface area contributed by atoms with Crippen LogP contribution in [0.15, 0.2) is 41.3 Å². The number of benzene rings is 1. The molecule has 2 aliphatic heterocycles. The molecule has 1 atom stereocenters. The number of nitrogens with zero attached hydrogens (tertiary/aromatic N) is 4. The zero-order valence-corrected chi connectivity index (χ0v) is 17.7. The first-order valence-electron chi connectivity index (χ1n) is 11.0. The number of fused-ring (bicyclic) bond motifs is 1. The lowest BCUT2D eigenvalue weighted by Gasteiger charge is -2.33. The second-order valence-corrected chi connectivity index (χ2v) is 8.40. The fourth-order valence-electron chi connectivity index (χ4n) is 4.46. The van der Waals surface area contributed by atoms with Crippen molar-refractivity contribution in [3.8, 4) is 0 Å². The molecule has 0 bridgehead atoms. The van der Waals surface area contributed by atoms with Crippen molar-refractivity contribution in [3.63, 3.8) is 0 Å². The Morgan fingerprint density at radius 3 is 2.90 bits per heavy atom. The summed E-state index contributed by atoms with van der Waals surface area (Å²) in [5.41, 5.74) is 3.58. The van der Waals surface area contributed by atoms with Gasteiger partial charge in [0, 0.05) is 52.4 Å². The zero-order valence-electron chi connectivity index (χ0n) is 17.7. The van der Waals surface area contributed by atoms with E-state index in [1.54, 1.807) is 19.3 Å². The minimum Gasteiger partial charge on any atom is -0.369 e. The molecular formula is C23H31N5O2. The molecule has 0 unspecified atom stereocenters. The maximum atomic E-state index is 12.7. The number of piperidine rings is 1. The molecule has 0 spiro atoms. The van der Waals surface area contributed by atoms with Gasteiger partial charge in [0.2, 0.25) is 5.91 Å². The van der Waals surface area contributed by atoms with E-state index in [1.165, 1.54) is 15.8 Å². The van der Waals surface area contributed by atoms with Crippen LogP contribution in [0.2, 0.25) is 0 Å². The van der Waals surface area contributed by atoms with Gasteiger partial charge in [0.15, 0.2) is 0 Å². The monoisotopic (exact) mass is 409 g/mol. The first-order chi connectivity index (χ1) is 14.6. The molecule has 1 N–H and O–H groups in total. The average molecular weight is 410 g/mol. The largest absolute Gasteiger partial charge is 0.369 e. The number of hydrogen-bond donors (Lipinski definition) is 1. The summed E-state index contributed by atoms with van der Waals surface area (Å²) in [6.07, 6.45) is 5.61. The van der Waals surface area contributed by atoms with Crippen LogP contribution in [0.25, 0.3) is 0 Å². The van der Waals surface area contributed by atoms with Gasteiger partial charge in [-0.3, -0.25) is 14.5 Å². The van der Waals surface area contributed by atoms with E-state index >= 15 is 0 Å². The van der Waals surface area contributed by atoms with Gasteiger partial charge in [-0.1, -0.05) is 24.3 Å². The number of amides is 1. The van der Waals surface area contributed by atoms with Crippen LogP contribution in [0.5, 0.6) is 0 Å². The number of carbonyl (C=O) groups is 1. The van der Waals surface area contributed by atoms with E-state index in [4.69, 9.17) is 0 Å². The van der Waals surface area contributed by atoms with E-state index in [-0.39, 0.29) is 17.4 Å². The Bertz CT molecular complexity index is 941. The molecule has 7 heteroatoms. The summed E-state index contributed by atoms with van der Waals surface area (Å²) in [7, 11) is 1.64. The van der Waals surface area contributed by atoms with Crippen molar-refractivity contribution in [1.29, 1.82) is 0 Å². The van der Waals surface area contributed by atoms with Crippen LogP contribution in [0, 0.1) is 5.92 Å². The highest BCUT2D eigenvalue weighted by atomic mass is 16.2. The minimum atomic E-state index is -0.126. The molecule has 7 nitrogen and oxygen atoms in total. The number of rotatable bonds is 6. The van der Waals surface area contributed by atoms with Crippen molar-refractivity contribution in [2.24, 2.45) is 13.0 Å². The number of anilines is 1. The van der Waals surface area contributed by atoms with Crippen LogP contribution in [0.3, 0.4) is 0 Å². The first kappa shape index (κ1) is 20.6. The lowest BCUT2D eigenvalue weighted by Crippen LogP contribution is -2.44. The van der Waals surface area contributed by atoms with Crippen molar-refractivity contribution in [2.45, 2.75) is 32.2 Å². The fourth-order valence-corrected chi connectivity index (χ4v) is 4.46. The second-order valence-electron chi connectivity index (χ2n) is 8.40. The highest BCUT2D eigenvalue weighted by Gasteiger charge is 2.26. The second kappa shape index (κ2) is 9.43. The van der Waals surface area contributed by atoms with E-state index in [1.807, 2.05) is 0 Å². The van der Waals surface area contributed by atoms with E-state index < -0.39 is 0 Å². The van der Waals surface area contributed by atoms with Gasteiger partial charge in [0.1, 0.15) is 0 Å². The summed E-state index contributed by atoms with van der Waals surface area (Å²) in [6, 6.07) is 10.3. The number of hydrogen-bond acceptors (Lipinski definition) is 5. The maximum Gasteiger partial charge on any atom is 0.268 e. The van der Waals surface area contributed by atoms with Crippen LogP contribution in [-0.4, -0.2) is 53.3 Å². The molecule has 30 heavy (non-hydrogen) atoms. The van der Waals surface area contributed by atoms with Gasteiger partial charge in [-0.05, 0) is 36.8 Å². The Labute approximate surface area is 177 Å². The topological polar surface area (TPSA) is 70.5 Å². The van der Waals surface area contributed by atoms with Gasteiger partial charge in [-0.2, -0.15) is 5.10 Å². The lowest BCUT2D eigenvalue weighted by atomic mass is 9.96. The predicted molar refractivity (Wildman–Crippen MR) is 117 cm³/mol. The Morgan fingerprint density at radius 1 is 1.23 bits per heavy atom. The summed E-state index contributed by atoms with van der Waals surface area (Å²) in [4.78, 5) is 29.1. The molecule has 1 amide bonds. The number of aromatic nitrogens is 2. The predicted octanol–water partition coefficient (Wildman–Crippen LogP) is 1.56. The Kier molecular flexibility index (Phi) is 6.47. The molecule has 2 aliphatic rings. The van der Waals surface area contributed by atoms with Crippen molar-refractivity contribution >= 4 is 11.6 Å². The number of nitrogens with one attached hydrogen (secondary N) is 1. The normalized spacial score (nSPS) is 19.4. The third-order valence-electron chi connectivity index (χ3n) is 6.27. The SMILES string of the molecule is Cn1ncc(N2CCC[C@@H](C(=O)NCCCN3CCc4ccccc4C3)C2)cc1=O. The molecule has 0 aliphatic carbocycles. The molecular weight excluding hydrogens is 378 g/mol.